The molecule has 1 heterocycles. The summed E-state index contributed by atoms with van der Waals surface area (Å²) in [5.41, 5.74) is 0.105. The van der Waals surface area contributed by atoms with E-state index in [1.165, 1.54) is 12.1 Å². The molecular formula is C15H21FN2OS. The lowest BCUT2D eigenvalue weighted by Gasteiger charge is -2.31. The number of thiol groups is 1. The van der Waals surface area contributed by atoms with Gasteiger partial charge in [0.1, 0.15) is 5.82 Å². The van der Waals surface area contributed by atoms with Crippen molar-refractivity contribution in [3.05, 3.63) is 29.6 Å². The van der Waals surface area contributed by atoms with E-state index in [0.717, 1.165) is 25.9 Å². The Morgan fingerprint density at radius 3 is 2.75 bits per heavy atom. The summed E-state index contributed by atoms with van der Waals surface area (Å²) in [6, 6.07) is 4.33. The number of nitrogens with zero attached hydrogens (tertiary/aromatic N) is 2. The summed E-state index contributed by atoms with van der Waals surface area (Å²) in [4.78, 5) is 16.8. The largest absolute Gasteiger partial charge is 0.341 e. The quantitative estimate of drug-likeness (QED) is 0.867. The average molecular weight is 296 g/mol. The van der Waals surface area contributed by atoms with Crippen LogP contribution >= 0.6 is 12.6 Å². The molecule has 1 aliphatic heterocycles. The van der Waals surface area contributed by atoms with Crippen molar-refractivity contribution >= 4 is 18.5 Å². The Morgan fingerprint density at radius 1 is 1.45 bits per heavy atom. The van der Waals surface area contributed by atoms with E-state index in [-0.39, 0.29) is 11.5 Å². The molecule has 0 N–H and O–H groups in total. The first-order chi connectivity index (χ1) is 9.47. The average Bonchev–Trinajstić information content (AvgIpc) is 2.43. The van der Waals surface area contributed by atoms with E-state index in [4.69, 9.17) is 0 Å². The fraction of sp³-hybridized carbons (Fsp3) is 0.533. The Labute approximate surface area is 125 Å². The standard InChI is InChI=1S/C15H21FN2OS/c1-17-7-5-11(6-8-17)10-18(2)15(19)13-9-12(20)3-4-14(13)16/h3-4,9,11,20H,5-8,10H2,1-2H3. The normalized spacial score (nSPS) is 17.2. The Kier molecular flexibility index (Phi) is 5.05. The Morgan fingerprint density at radius 2 is 2.10 bits per heavy atom. The highest BCUT2D eigenvalue weighted by Gasteiger charge is 2.22. The highest BCUT2D eigenvalue weighted by atomic mass is 32.1. The van der Waals surface area contributed by atoms with E-state index >= 15 is 0 Å². The van der Waals surface area contributed by atoms with Crippen LogP contribution < -0.4 is 0 Å². The minimum atomic E-state index is -0.483. The number of hydrogen-bond acceptors (Lipinski definition) is 3. The Bertz CT molecular complexity index is 487. The van der Waals surface area contributed by atoms with Gasteiger partial charge < -0.3 is 9.80 Å². The highest BCUT2D eigenvalue weighted by Crippen LogP contribution is 2.19. The van der Waals surface area contributed by atoms with Gasteiger partial charge in [0, 0.05) is 18.5 Å². The molecule has 1 amide bonds. The number of carbonyl (C=O) groups excluding carboxylic acids is 1. The van der Waals surface area contributed by atoms with Crippen molar-refractivity contribution < 1.29 is 9.18 Å². The molecule has 0 radical (unpaired) electrons. The monoisotopic (exact) mass is 296 g/mol. The Hall–Kier alpha value is -1.07. The lowest BCUT2D eigenvalue weighted by Crippen LogP contribution is -2.38. The molecule has 0 spiro atoms. The van der Waals surface area contributed by atoms with Crippen LogP contribution in [0.3, 0.4) is 0 Å². The molecule has 1 aliphatic rings. The van der Waals surface area contributed by atoms with Crippen LogP contribution in [0.15, 0.2) is 23.1 Å². The summed E-state index contributed by atoms with van der Waals surface area (Å²) in [7, 11) is 3.85. The van der Waals surface area contributed by atoms with E-state index in [1.54, 1.807) is 18.0 Å². The van der Waals surface area contributed by atoms with Gasteiger partial charge >= 0.3 is 0 Å². The first kappa shape index (κ1) is 15.3. The molecule has 3 nitrogen and oxygen atoms in total. The lowest BCUT2D eigenvalue weighted by atomic mass is 9.96. The van der Waals surface area contributed by atoms with Crippen LogP contribution in [0, 0.1) is 11.7 Å². The maximum absolute atomic E-state index is 13.7. The van der Waals surface area contributed by atoms with Crippen molar-refractivity contribution in [2.45, 2.75) is 17.7 Å². The van der Waals surface area contributed by atoms with Crippen LogP contribution in [0.4, 0.5) is 4.39 Å². The second-order valence-corrected chi connectivity index (χ2v) is 6.11. The third kappa shape index (κ3) is 3.73. The van der Waals surface area contributed by atoms with Crippen molar-refractivity contribution in [3.63, 3.8) is 0 Å². The van der Waals surface area contributed by atoms with Crippen molar-refractivity contribution in [3.8, 4) is 0 Å². The number of benzene rings is 1. The van der Waals surface area contributed by atoms with E-state index in [2.05, 4.69) is 24.6 Å². The molecule has 1 aromatic rings. The number of likely N-dealkylation sites (tertiary alicyclic amines) is 1. The molecule has 0 atom stereocenters. The second kappa shape index (κ2) is 6.59. The minimum absolute atomic E-state index is 0.105. The molecule has 110 valence electrons. The molecular weight excluding hydrogens is 275 g/mol. The van der Waals surface area contributed by atoms with Gasteiger partial charge in [-0.05, 0) is 57.1 Å². The second-order valence-electron chi connectivity index (χ2n) is 5.60. The number of carbonyl (C=O) groups is 1. The van der Waals surface area contributed by atoms with Gasteiger partial charge in [0.05, 0.1) is 5.56 Å². The molecule has 2 rings (SSSR count). The van der Waals surface area contributed by atoms with Gasteiger partial charge in [0.15, 0.2) is 0 Å². The van der Waals surface area contributed by atoms with Gasteiger partial charge in [0.25, 0.3) is 5.91 Å². The van der Waals surface area contributed by atoms with E-state index in [0.29, 0.717) is 17.4 Å². The zero-order chi connectivity index (χ0) is 14.7. The maximum Gasteiger partial charge on any atom is 0.256 e. The topological polar surface area (TPSA) is 23.6 Å². The maximum atomic E-state index is 13.7. The third-order valence-electron chi connectivity index (χ3n) is 3.90. The minimum Gasteiger partial charge on any atom is -0.341 e. The summed E-state index contributed by atoms with van der Waals surface area (Å²) < 4.78 is 13.7. The van der Waals surface area contributed by atoms with Gasteiger partial charge in [0.2, 0.25) is 0 Å². The molecule has 20 heavy (non-hydrogen) atoms. The predicted molar refractivity (Wildman–Crippen MR) is 80.8 cm³/mol. The number of halogens is 1. The summed E-state index contributed by atoms with van der Waals surface area (Å²) >= 11 is 4.16. The van der Waals surface area contributed by atoms with Crippen LogP contribution in [0.5, 0.6) is 0 Å². The van der Waals surface area contributed by atoms with Crippen molar-refractivity contribution in [1.82, 2.24) is 9.80 Å². The smallest absolute Gasteiger partial charge is 0.256 e. The van der Waals surface area contributed by atoms with Crippen molar-refractivity contribution in [1.29, 1.82) is 0 Å². The van der Waals surface area contributed by atoms with E-state index in [9.17, 15) is 9.18 Å². The van der Waals surface area contributed by atoms with Crippen LogP contribution in [0.1, 0.15) is 23.2 Å². The summed E-state index contributed by atoms with van der Waals surface area (Å²) in [5, 5.41) is 0. The number of rotatable bonds is 3. The molecule has 0 aromatic heterocycles. The number of amides is 1. The van der Waals surface area contributed by atoms with Gasteiger partial charge in [-0.3, -0.25) is 4.79 Å². The fourth-order valence-corrected chi connectivity index (χ4v) is 2.80. The molecule has 1 aromatic carbocycles. The molecule has 5 heteroatoms. The van der Waals surface area contributed by atoms with Gasteiger partial charge in [-0.25, -0.2) is 4.39 Å². The predicted octanol–water partition coefficient (Wildman–Crippen LogP) is 2.53. The molecule has 0 saturated carbocycles. The summed E-state index contributed by atoms with van der Waals surface area (Å²) in [5.74, 6) is -0.247. The number of piperidine rings is 1. The fourth-order valence-electron chi connectivity index (χ4n) is 2.60. The molecule has 0 bridgehead atoms. The first-order valence-electron chi connectivity index (χ1n) is 6.90. The molecule has 0 unspecified atom stereocenters. The van der Waals surface area contributed by atoms with Gasteiger partial charge in [-0.2, -0.15) is 0 Å². The number of hydrogen-bond donors (Lipinski definition) is 1. The summed E-state index contributed by atoms with van der Waals surface area (Å²) in [6.07, 6.45) is 2.17. The van der Waals surface area contributed by atoms with Crippen molar-refractivity contribution in [2.24, 2.45) is 5.92 Å². The van der Waals surface area contributed by atoms with Gasteiger partial charge in [-0.1, -0.05) is 0 Å². The van der Waals surface area contributed by atoms with Gasteiger partial charge in [-0.15, -0.1) is 12.6 Å². The highest BCUT2D eigenvalue weighted by molar-refractivity contribution is 7.80. The van der Waals surface area contributed by atoms with Crippen LogP contribution in [-0.2, 0) is 0 Å². The molecule has 0 aliphatic carbocycles. The molecule has 1 fully saturated rings. The zero-order valence-corrected chi connectivity index (χ0v) is 12.9. The van der Waals surface area contributed by atoms with Crippen LogP contribution in [0.2, 0.25) is 0 Å². The SMILES string of the molecule is CN1CCC(CN(C)C(=O)c2cc(S)ccc2F)CC1. The third-order valence-corrected chi connectivity index (χ3v) is 4.18. The first-order valence-corrected chi connectivity index (χ1v) is 7.34. The zero-order valence-electron chi connectivity index (χ0n) is 12.0. The van der Waals surface area contributed by atoms with E-state index in [1.807, 2.05) is 0 Å². The summed E-state index contributed by atoms with van der Waals surface area (Å²) in [6.45, 7) is 2.81. The van der Waals surface area contributed by atoms with E-state index < -0.39 is 5.82 Å². The Balaban J connectivity index is 1.99. The van der Waals surface area contributed by atoms with Crippen LogP contribution in [-0.4, -0.2) is 49.4 Å². The van der Waals surface area contributed by atoms with Crippen molar-refractivity contribution in [2.75, 3.05) is 33.7 Å². The lowest BCUT2D eigenvalue weighted by molar-refractivity contribution is 0.0742. The molecule has 1 saturated heterocycles. The van der Waals surface area contributed by atoms with Crippen LogP contribution in [0.25, 0.3) is 0 Å².